The number of carbonyl (C=O) groups is 1. The summed E-state index contributed by atoms with van der Waals surface area (Å²) < 4.78 is 52.0. The number of aliphatic carboxylic acids is 1. The molecule has 4 nitrogen and oxygen atoms in total. The number of carboxylic acid groups (broad SMARTS) is 1. The molecule has 4 aliphatic rings. The van der Waals surface area contributed by atoms with Crippen molar-refractivity contribution in [1.82, 2.24) is 0 Å². The molecule has 0 amide bonds. The van der Waals surface area contributed by atoms with Crippen LogP contribution >= 0.6 is 0 Å². The molecule has 4 fully saturated rings. The van der Waals surface area contributed by atoms with Gasteiger partial charge >= 0.3 is 12.1 Å². The Balaban J connectivity index is 1.26. The molecule has 7 rings (SSSR count). The number of halogens is 3. The predicted molar refractivity (Wildman–Crippen MR) is 168 cm³/mol. The highest BCUT2D eigenvalue weighted by molar-refractivity contribution is 5.85. The van der Waals surface area contributed by atoms with Crippen molar-refractivity contribution in [2.75, 3.05) is 7.11 Å². The van der Waals surface area contributed by atoms with E-state index in [9.17, 15) is 23.1 Å². The van der Waals surface area contributed by atoms with Gasteiger partial charge < -0.3 is 14.6 Å². The first-order valence-electron chi connectivity index (χ1n) is 15.8. The molecule has 3 aromatic carbocycles. The van der Waals surface area contributed by atoms with Gasteiger partial charge in [0.2, 0.25) is 0 Å². The maximum Gasteiger partial charge on any atom is 0.416 e. The Morgan fingerprint density at radius 2 is 1.58 bits per heavy atom. The maximum absolute atomic E-state index is 13.4. The quantitative estimate of drug-likeness (QED) is 0.172. The number of allylic oxidation sites excluding steroid dienone is 3. The summed E-state index contributed by atoms with van der Waals surface area (Å²) in [4.78, 5) is 11.2. The molecule has 4 saturated carbocycles. The van der Waals surface area contributed by atoms with Gasteiger partial charge in [0, 0.05) is 11.6 Å². The van der Waals surface area contributed by atoms with Crippen molar-refractivity contribution in [2.45, 2.75) is 69.6 Å². The Bertz CT molecular complexity index is 1550. The van der Waals surface area contributed by atoms with E-state index in [-0.39, 0.29) is 5.41 Å². The van der Waals surface area contributed by atoms with Crippen LogP contribution in [0.1, 0.15) is 72.8 Å². The van der Waals surface area contributed by atoms with E-state index >= 15 is 0 Å². The largest absolute Gasteiger partial charge is 0.497 e. The molecule has 236 valence electrons. The molecular weight excluding hydrogens is 577 g/mol. The summed E-state index contributed by atoms with van der Waals surface area (Å²) in [5.41, 5.74) is 3.57. The van der Waals surface area contributed by atoms with Crippen LogP contribution in [0.3, 0.4) is 0 Å². The number of methoxy groups -OCH3 is 1. The van der Waals surface area contributed by atoms with E-state index in [1.165, 1.54) is 56.2 Å². The van der Waals surface area contributed by atoms with Crippen molar-refractivity contribution in [3.63, 3.8) is 0 Å². The number of carboxylic acids is 1. The third kappa shape index (κ3) is 7.13. The van der Waals surface area contributed by atoms with Crippen molar-refractivity contribution < 1.29 is 32.5 Å². The second-order valence-corrected chi connectivity index (χ2v) is 13.1. The van der Waals surface area contributed by atoms with Gasteiger partial charge in [-0.1, -0.05) is 42.5 Å². The minimum Gasteiger partial charge on any atom is -0.497 e. The fraction of sp³-hybridized carbons (Fsp3) is 0.395. The highest BCUT2D eigenvalue weighted by Gasteiger charge is 2.52. The van der Waals surface area contributed by atoms with Crippen LogP contribution in [0.2, 0.25) is 0 Å². The van der Waals surface area contributed by atoms with Crippen LogP contribution in [0.4, 0.5) is 13.2 Å². The molecule has 7 heteroatoms. The van der Waals surface area contributed by atoms with Crippen LogP contribution in [-0.2, 0) is 29.4 Å². The van der Waals surface area contributed by atoms with Crippen LogP contribution < -0.4 is 9.47 Å². The van der Waals surface area contributed by atoms with Gasteiger partial charge in [0.25, 0.3) is 0 Å². The fourth-order valence-electron chi connectivity index (χ4n) is 8.32. The lowest BCUT2D eigenvalue weighted by Crippen LogP contribution is -2.48. The molecule has 1 N–H and O–H groups in total. The Morgan fingerprint density at radius 3 is 2.20 bits per heavy atom. The molecule has 4 aliphatic carbocycles. The Morgan fingerprint density at radius 1 is 0.911 bits per heavy atom. The number of alkyl halides is 3. The number of aryl methyl sites for hydroxylation is 1. The summed E-state index contributed by atoms with van der Waals surface area (Å²) in [5, 5.41) is 9.19. The van der Waals surface area contributed by atoms with E-state index < -0.39 is 17.7 Å². The van der Waals surface area contributed by atoms with E-state index in [2.05, 4.69) is 18.2 Å². The molecule has 0 heterocycles. The zero-order valence-electron chi connectivity index (χ0n) is 25.5. The van der Waals surface area contributed by atoms with E-state index in [1.807, 2.05) is 24.3 Å². The van der Waals surface area contributed by atoms with Gasteiger partial charge in [-0.2, -0.15) is 13.2 Å². The standard InChI is InChI=1S/C38H39F3O4/c1-44-33-12-8-26(9-13-33)24-45-35-19-25(10-14-34(35)37-21-27-16-28(22-37)18-29(17-27)23-37)4-2-5-30(11-15-36(42)43)31-6-3-7-32(20-31)38(39,40)41/h3,5-15,19-20,27-29H,2,4,16-18,21-24H2,1H3,(H,42,43). The van der Waals surface area contributed by atoms with Crippen LogP contribution in [0, 0.1) is 17.8 Å². The van der Waals surface area contributed by atoms with Gasteiger partial charge in [0.1, 0.15) is 18.1 Å². The topological polar surface area (TPSA) is 55.8 Å². The van der Waals surface area contributed by atoms with Gasteiger partial charge in [-0.3, -0.25) is 0 Å². The van der Waals surface area contributed by atoms with E-state index in [0.717, 1.165) is 58.6 Å². The molecule has 0 spiro atoms. The van der Waals surface area contributed by atoms with Crippen molar-refractivity contribution in [3.05, 3.63) is 113 Å². The maximum atomic E-state index is 13.4. The summed E-state index contributed by atoms with van der Waals surface area (Å²) >= 11 is 0. The van der Waals surface area contributed by atoms with Gasteiger partial charge in [0.05, 0.1) is 12.7 Å². The lowest BCUT2D eigenvalue weighted by molar-refractivity contribution is -0.137. The number of hydrogen-bond donors (Lipinski definition) is 1. The lowest BCUT2D eigenvalue weighted by atomic mass is 9.48. The molecule has 0 aliphatic heterocycles. The molecule has 3 aromatic rings. The molecule has 0 atom stereocenters. The fourth-order valence-corrected chi connectivity index (χ4v) is 8.32. The number of ether oxygens (including phenoxy) is 2. The molecule has 0 unspecified atom stereocenters. The molecule has 4 bridgehead atoms. The van der Waals surface area contributed by atoms with Crippen molar-refractivity contribution in [2.24, 2.45) is 17.8 Å². The lowest BCUT2D eigenvalue weighted by Gasteiger charge is -2.57. The van der Waals surface area contributed by atoms with Crippen LogP contribution in [0.5, 0.6) is 11.5 Å². The smallest absolute Gasteiger partial charge is 0.416 e. The second-order valence-electron chi connectivity index (χ2n) is 13.1. The molecule has 0 saturated heterocycles. The number of hydrogen-bond acceptors (Lipinski definition) is 3. The first kappa shape index (κ1) is 31.0. The third-order valence-electron chi connectivity index (χ3n) is 9.93. The summed E-state index contributed by atoms with van der Waals surface area (Å²) in [6.07, 6.45) is 8.51. The monoisotopic (exact) mass is 616 g/mol. The van der Waals surface area contributed by atoms with Gasteiger partial charge in [-0.25, -0.2) is 4.79 Å². The first-order valence-corrected chi connectivity index (χ1v) is 15.8. The average molecular weight is 617 g/mol. The Hall–Kier alpha value is -4.00. The SMILES string of the molecule is COc1ccc(COc2cc(CCC=C(C=CC(=O)O)c3cccc(C(F)(F)F)c3)ccc2C23CC4CC(CC(C4)C2)C3)cc1. The molecule has 0 radical (unpaired) electrons. The zero-order valence-corrected chi connectivity index (χ0v) is 25.5. The first-order chi connectivity index (χ1) is 21.6. The molecule has 45 heavy (non-hydrogen) atoms. The third-order valence-corrected chi connectivity index (χ3v) is 9.93. The van der Waals surface area contributed by atoms with Gasteiger partial charge in [0.15, 0.2) is 0 Å². The summed E-state index contributed by atoms with van der Waals surface area (Å²) in [5.74, 6) is 2.94. The Labute approximate surface area is 262 Å². The second kappa shape index (κ2) is 12.8. The highest BCUT2D eigenvalue weighted by atomic mass is 19.4. The average Bonchev–Trinajstić information content (AvgIpc) is 3.01. The summed E-state index contributed by atoms with van der Waals surface area (Å²) in [6.45, 7) is 0.437. The van der Waals surface area contributed by atoms with E-state index in [0.29, 0.717) is 30.6 Å². The summed E-state index contributed by atoms with van der Waals surface area (Å²) in [6, 6.07) is 19.4. The van der Waals surface area contributed by atoms with E-state index in [4.69, 9.17) is 9.47 Å². The predicted octanol–water partition coefficient (Wildman–Crippen LogP) is 9.42. The van der Waals surface area contributed by atoms with Crippen LogP contribution in [0.25, 0.3) is 5.57 Å². The normalized spacial score (nSPS) is 24.3. The number of rotatable bonds is 11. The van der Waals surface area contributed by atoms with Crippen molar-refractivity contribution in [1.29, 1.82) is 0 Å². The van der Waals surface area contributed by atoms with Crippen molar-refractivity contribution >= 4 is 11.5 Å². The summed E-state index contributed by atoms with van der Waals surface area (Å²) in [7, 11) is 1.65. The minimum atomic E-state index is -4.49. The van der Waals surface area contributed by atoms with Gasteiger partial charge in [-0.15, -0.1) is 0 Å². The molecular formula is C38H39F3O4. The van der Waals surface area contributed by atoms with Crippen molar-refractivity contribution in [3.8, 4) is 11.5 Å². The Kier molecular flexibility index (Phi) is 8.80. The zero-order chi connectivity index (χ0) is 31.6. The van der Waals surface area contributed by atoms with Crippen LogP contribution in [-0.4, -0.2) is 18.2 Å². The highest BCUT2D eigenvalue weighted by Crippen LogP contribution is 2.62. The van der Waals surface area contributed by atoms with Crippen LogP contribution in [0.15, 0.2) is 85.0 Å². The molecule has 0 aromatic heterocycles. The number of benzene rings is 3. The van der Waals surface area contributed by atoms with E-state index in [1.54, 1.807) is 19.3 Å². The minimum absolute atomic E-state index is 0.153. The van der Waals surface area contributed by atoms with Gasteiger partial charge in [-0.05, 0) is 133 Å².